The number of nitrogens with zero attached hydrogens (tertiary/aromatic N) is 2. The van der Waals surface area contributed by atoms with Crippen molar-refractivity contribution in [1.29, 1.82) is 0 Å². The smallest absolute Gasteiger partial charge is 0.213 e. The molecule has 1 radical (unpaired) electrons. The Hall–Kier alpha value is -4.58. The Labute approximate surface area is 250 Å². The van der Waals surface area contributed by atoms with Crippen LogP contribution >= 0.6 is 0 Å². The molecule has 2 aliphatic rings. The van der Waals surface area contributed by atoms with E-state index in [0.29, 0.717) is 25.0 Å². The largest absolute Gasteiger partial charge is 0.507 e. The first-order valence-corrected chi connectivity index (χ1v) is 13.1. The van der Waals surface area contributed by atoms with E-state index >= 15 is 0 Å². The normalized spacial score (nSPS) is 18.0. The van der Waals surface area contributed by atoms with E-state index in [1.54, 1.807) is 12.2 Å². The minimum absolute atomic E-state index is 0. The van der Waals surface area contributed by atoms with Gasteiger partial charge in [0.1, 0.15) is 36.8 Å². The second-order valence-electron chi connectivity index (χ2n) is 9.20. The molecule has 2 atom stereocenters. The van der Waals surface area contributed by atoms with Crippen LogP contribution in [-0.2, 0) is 26.5 Å². The van der Waals surface area contributed by atoms with Gasteiger partial charge >= 0.3 is 0 Å². The van der Waals surface area contributed by atoms with Crippen LogP contribution in [0.5, 0.6) is 0 Å². The van der Waals surface area contributed by atoms with E-state index in [9.17, 15) is 10.2 Å². The molecule has 7 heteroatoms. The number of benzene rings is 4. The Morgan fingerprint density at radius 2 is 0.854 bits per heavy atom. The number of rotatable bonds is 6. The third kappa shape index (κ3) is 8.21. The van der Waals surface area contributed by atoms with Crippen LogP contribution in [0.2, 0.25) is 0 Å². The zero-order chi connectivity index (χ0) is 27.6. The molecule has 41 heavy (non-hydrogen) atoms. The summed E-state index contributed by atoms with van der Waals surface area (Å²) in [6, 6.07) is 38.7. The second kappa shape index (κ2) is 14.7. The maximum Gasteiger partial charge on any atom is 0.213 e. The van der Waals surface area contributed by atoms with Gasteiger partial charge in [0, 0.05) is 40.3 Å². The summed E-state index contributed by atoms with van der Waals surface area (Å²) < 4.78 is 11.1. The van der Waals surface area contributed by atoms with Crippen LogP contribution in [0, 0.1) is 0 Å². The predicted octanol–water partition coefficient (Wildman–Crippen LogP) is 7.51. The Morgan fingerprint density at radius 1 is 0.537 bits per heavy atom. The van der Waals surface area contributed by atoms with Gasteiger partial charge in [0.15, 0.2) is 0 Å². The van der Waals surface area contributed by atoms with Crippen molar-refractivity contribution in [3.05, 3.63) is 156 Å². The summed E-state index contributed by atoms with van der Waals surface area (Å²) in [6.07, 6.45) is 3.14. The van der Waals surface area contributed by atoms with Gasteiger partial charge in [-0.15, -0.1) is 0 Å². The molecule has 0 bridgehead atoms. The maximum absolute atomic E-state index is 10.0. The van der Waals surface area contributed by atoms with Gasteiger partial charge in [-0.25, -0.2) is 9.98 Å². The topological polar surface area (TPSA) is 83.6 Å². The Bertz CT molecular complexity index is 1390. The van der Waals surface area contributed by atoms with Crippen LogP contribution in [0.3, 0.4) is 0 Å². The molecule has 0 aliphatic carbocycles. The predicted molar refractivity (Wildman–Crippen MR) is 159 cm³/mol. The molecule has 2 aliphatic heterocycles. The van der Waals surface area contributed by atoms with Gasteiger partial charge < -0.3 is 19.7 Å². The molecule has 0 fully saturated rings. The number of aliphatic hydroxyl groups excluding tert-OH is 2. The van der Waals surface area contributed by atoms with E-state index in [4.69, 9.17) is 9.47 Å². The number of aliphatic hydroxyl groups is 2. The Morgan fingerprint density at radius 3 is 1.20 bits per heavy atom. The quantitative estimate of drug-likeness (QED) is 0.179. The first-order valence-electron chi connectivity index (χ1n) is 13.1. The summed E-state index contributed by atoms with van der Waals surface area (Å²) in [4.78, 5) is 8.96. The minimum atomic E-state index is 0. The fraction of sp³-hybridized carbons (Fsp3) is 0.118. The molecular formula is C34H30CuN2O4. The van der Waals surface area contributed by atoms with Crippen LogP contribution in [0.4, 0.5) is 0 Å². The van der Waals surface area contributed by atoms with Crippen LogP contribution in [-0.4, -0.2) is 35.2 Å². The average Bonchev–Trinajstić information content (AvgIpc) is 3.69. The van der Waals surface area contributed by atoms with Crippen LogP contribution in [0.15, 0.2) is 143 Å². The summed E-state index contributed by atoms with van der Waals surface area (Å²) in [5.74, 6) is 1.27. The maximum atomic E-state index is 10.0. The summed E-state index contributed by atoms with van der Waals surface area (Å²) in [5, 5.41) is 20.1. The van der Waals surface area contributed by atoms with E-state index in [2.05, 4.69) is 9.98 Å². The number of ether oxygens (including phenoxy) is 2. The van der Waals surface area contributed by atoms with Gasteiger partial charge in [-0.2, -0.15) is 0 Å². The molecule has 6 rings (SSSR count). The van der Waals surface area contributed by atoms with Gasteiger partial charge in [0.2, 0.25) is 11.8 Å². The van der Waals surface area contributed by atoms with Crippen molar-refractivity contribution >= 4 is 23.3 Å². The summed E-state index contributed by atoms with van der Waals surface area (Å²) in [7, 11) is 0. The second-order valence-corrected chi connectivity index (χ2v) is 9.20. The third-order valence-electron chi connectivity index (χ3n) is 6.37. The number of hydrogen-bond acceptors (Lipinski definition) is 6. The average molecular weight is 594 g/mol. The van der Waals surface area contributed by atoms with Crippen LogP contribution in [0.1, 0.15) is 34.3 Å². The molecule has 0 saturated carbocycles. The third-order valence-corrected chi connectivity index (χ3v) is 6.37. The monoisotopic (exact) mass is 593 g/mol. The van der Waals surface area contributed by atoms with E-state index in [1.165, 1.54) is 0 Å². The SMILES string of the molecule is O/C(=C\C1=N[C@@H](c2ccccc2)CO1)c1ccccc1.O/C(=C\C1=N[C@@H](c2ccccc2)CO1)c1ccccc1.[Cu]. The molecule has 211 valence electrons. The molecular weight excluding hydrogens is 564 g/mol. The van der Waals surface area contributed by atoms with Gasteiger partial charge in [0.05, 0.1) is 0 Å². The molecule has 0 aromatic heterocycles. The summed E-state index contributed by atoms with van der Waals surface area (Å²) in [5.41, 5.74) is 3.74. The van der Waals surface area contributed by atoms with Crippen LogP contribution in [0.25, 0.3) is 11.5 Å². The first-order chi connectivity index (χ1) is 19.7. The molecule has 4 aromatic rings. The minimum Gasteiger partial charge on any atom is -0.507 e. The van der Waals surface area contributed by atoms with E-state index in [-0.39, 0.29) is 40.7 Å². The fourth-order valence-electron chi connectivity index (χ4n) is 4.25. The molecule has 6 nitrogen and oxygen atoms in total. The fourth-order valence-corrected chi connectivity index (χ4v) is 4.25. The zero-order valence-electron chi connectivity index (χ0n) is 22.2. The Balaban J connectivity index is 0.000000184. The zero-order valence-corrected chi connectivity index (χ0v) is 23.1. The van der Waals surface area contributed by atoms with Gasteiger partial charge in [0.25, 0.3) is 0 Å². The number of hydrogen-bond donors (Lipinski definition) is 2. The molecule has 0 saturated heterocycles. The molecule has 2 heterocycles. The Kier molecular flexibility index (Phi) is 10.5. The van der Waals surface area contributed by atoms with Crippen molar-refractivity contribution in [2.24, 2.45) is 9.98 Å². The molecule has 0 unspecified atom stereocenters. The first kappa shape index (κ1) is 29.4. The van der Waals surface area contributed by atoms with Crippen molar-refractivity contribution in [2.45, 2.75) is 12.1 Å². The molecule has 2 N–H and O–H groups in total. The van der Waals surface area contributed by atoms with Crippen molar-refractivity contribution < 1.29 is 36.8 Å². The molecule has 0 amide bonds. The summed E-state index contributed by atoms with van der Waals surface area (Å²) in [6.45, 7) is 1.02. The van der Waals surface area contributed by atoms with E-state index in [1.807, 2.05) is 121 Å². The van der Waals surface area contributed by atoms with E-state index < -0.39 is 0 Å². The van der Waals surface area contributed by atoms with Crippen molar-refractivity contribution in [1.82, 2.24) is 0 Å². The van der Waals surface area contributed by atoms with Gasteiger partial charge in [-0.3, -0.25) is 0 Å². The summed E-state index contributed by atoms with van der Waals surface area (Å²) >= 11 is 0. The van der Waals surface area contributed by atoms with Crippen molar-refractivity contribution in [2.75, 3.05) is 13.2 Å². The van der Waals surface area contributed by atoms with E-state index in [0.717, 1.165) is 22.3 Å². The molecule has 4 aromatic carbocycles. The molecule has 0 spiro atoms. The van der Waals surface area contributed by atoms with Crippen molar-refractivity contribution in [3.63, 3.8) is 0 Å². The number of aliphatic imine (C=N–C) groups is 2. The van der Waals surface area contributed by atoms with Gasteiger partial charge in [-0.1, -0.05) is 121 Å². The van der Waals surface area contributed by atoms with Crippen molar-refractivity contribution in [3.8, 4) is 0 Å². The van der Waals surface area contributed by atoms with Crippen LogP contribution < -0.4 is 0 Å². The standard InChI is InChI=1S/2C17H15NO2.Cu/c2*19-16(14-9-5-2-6-10-14)11-17-18-15(12-20-17)13-7-3-1-4-8-13;/h2*1-11,15,19H,12H2;/b2*16-11-;/t2*15-;/m11./s1. The van der Waals surface area contributed by atoms with Gasteiger partial charge in [-0.05, 0) is 11.1 Å².